The number of alkyl halides is 3. The smallest absolute Gasteiger partial charge is 0.422 e. The molecule has 3 aromatic rings. The molecule has 2 N–H and O–H groups in total. The molecule has 1 aromatic heterocycles. The molecule has 1 saturated heterocycles. The molecule has 2 aliphatic heterocycles. The molecular formula is C30H31ClF3N4O2+. The molecule has 1 unspecified atom stereocenters. The van der Waals surface area contributed by atoms with Gasteiger partial charge in [-0.25, -0.2) is 14.3 Å². The number of carbonyl (C=O) groups is 1. The zero-order valence-electron chi connectivity index (χ0n) is 22.1. The van der Waals surface area contributed by atoms with Crippen LogP contribution in [0.5, 0.6) is 5.88 Å². The molecule has 0 bridgehead atoms. The number of fused-ring (bicyclic) bond motifs is 2. The minimum Gasteiger partial charge on any atom is -0.481 e. The van der Waals surface area contributed by atoms with Gasteiger partial charge in [0.25, 0.3) is 0 Å². The van der Waals surface area contributed by atoms with Gasteiger partial charge in [0.15, 0.2) is 0 Å². The van der Waals surface area contributed by atoms with Crippen molar-refractivity contribution >= 4 is 29.4 Å². The molecule has 1 atom stereocenters. The zero-order chi connectivity index (χ0) is 28.4. The quantitative estimate of drug-likeness (QED) is 0.340. The molecule has 2 aliphatic rings. The number of amides is 2. The van der Waals surface area contributed by atoms with Crippen LogP contribution in [-0.2, 0) is 18.1 Å². The van der Waals surface area contributed by atoms with Gasteiger partial charge in [-0.05, 0) is 73.5 Å². The summed E-state index contributed by atoms with van der Waals surface area (Å²) in [7, 11) is 1.54. The molecule has 2 aromatic carbocycles. The Kier molecular flexibility index (Phi) is 7.90. The SMILES string of the molecule is COc1cc(CNC(=O)[N+]2(C/C=C/c3ccc(C(F)(F)F)cc3)CC3(CCNCC3)c3cc(Cl)ccc32)ccn1. The normalized spacial score (nSPS) is 20.0. The number of ether oxygens (including phenoxy) is 1. The summed E-state index contributed by atoms with van der Waals surface area (Å²) in [4.78, 5) is 18.3. The van der Waals surface area contributed by atoms with E-state index in [0.29, 0.717) is 29.6 Å². The first-order chi connectivity index (χ1) is 19.1. The van der Waals surface area contributed by atoms with Crippen LogP contribution in [0.1, 0.15) is 35.1 Å². The minimum atomic E-state index is -4.39. The van der Waals surface area contributed by atoms with Crippen molar-refractivity contribution in [3.8, 4) is 5.88 Å². The average molecular weight is 572 g/mol. The fourth-order valence-electron chi connectivity index (χ4n) is 5.91. The number of piperidine rings is 1. The van der Waals surface area contributed by atoms with Gasteiger partial charge in [0, 0.05) is 35.5 Å². The van der Waals surface area contributed by atoms with Crippen LogP contribution in [0.3, 0.4) is 0 Å². The standard InChI is InChI=1S/C30H30ClF3N4O2/c1-40-27-17-22(10-13-36-27)19-37-28(39)38(16-2-3-21-4-6-23(7-5-21)30(32,33)34)20-29(11-14-35-15-12-29)25-18-24(31)8-9-26(25)38/h2-10,13,17-18,35H,11-12,14-16,19-20H2,1H3/p+1/b3-2+. The lowest BCUT2D eigenvalue weighted by atomic mass is 9.75. The zero-order valence-corrected chi connectivity index (χ0v) is 22.9. The van der Waals surface area contributed by atoms with Gasteiger partial charge in [-0.15, -0.1) is 0 Å². The van der Waals surface area contributed by atoms with Crippen molar-refractivity contribution in [2.24, 2.45) is 0 Å². The van der Waals surface area contributed by atoms with Crippen LogP contribution in [0, 0.1) is 0 Å². The van der Waals surface area contributed by atoms with E-state index in [2.05, 4.69) is 15.6 Å². The maximum Gasteiger partial charge on any atom is 0.422 e. The van der Waals surface area contributed by atoms with Crippen molar-refractivity contribution in [3.05, 3.63) is 94.1 Å². The number of pyridine rings is 1. The summed E-state index contributed by atoms with van der Waals surface area (Å²) < 4.78 is 44.3. The van der Waals surface area contributed by atoms with Crippen molar-refractivity contribution in [1.82, 2.24) is 20.1 Å². The Hall–Kier alpha value is -3.40. The number of aromatic nitrogens is 1. The van der Waals surface area contributed by atoms with E-state index in [0.717, 1.165) is 54.9 Å². The highest BCUT2D eigenvalue weighted by Crippen LogP contribution is 2.51. The number of rotatable bonds is 6. The van der Waals surface area contributed by atoms with Crippen molar-refractivity contribution < 1.29 is 22.7 Å². The van der Waals surface area contributed by atoms with E-state index in [1.165, 1.54) is 12.1 Å². The highest BCUT2D eigenvalue weighted by atomic mass is 35.5. The number of benzene rings is 2. The van der Waals surface area contributed by atoms with Crippen LogP contribution in [0.2, 0.25) is 5.02 Å². The number of methoxy groups -OCH3 is 1. The number of carbonyl (C=O) groups excluding carboxylic acids is 1. The summed E-state index contributed by atoms with van der Waals surface area (Å²) in [5.74, 6) is 0.463. The van der Waals surface area contributed by atoms with Gasteiger partial charge in [-0.2, -0.15) is 13.2 Å². The third kappa shape index (κ3) is 5.59. The van der Waals surface area contributed by atoms with Gasteiger partial charge in [0.1, 0.15) is 18.8 Å². The van der Waals surface area contributed by atoms with E-state index in [4.69, 9.17) is 16.3 Å². The summed E-state index contributed by atoms with van der Waals surface area (Å²) in [5, 5.41) is 7.17. The predicted molar refractivity (Wildman–Crippen MR) is 150 cm³/mol. The Morgan fingerprint density at radius 3 is 2.60 bits per heavy atom. The van der Waals surface area contributed by atoms with E-state index in [9.17, 15) is 18.0 Å². The van der Waals surface area contributed by atoms with Crippen LogP contribution in [-0.4, -0.2) is 44.3 Å². The maximum absolute atomic E-state index is 14.2. The fraction of sp³-hybridized carbons (Fsp3) is 0.333. The van der Waals surface area contributed by atoms with Crippen LogP contribution in [0.25, 0.3) is 6.08 Å². The number of nitrogens with zero attached hydrogens (tertiary/aromatic N) is 2. The minimum absolute atomic E-state index is 0.0336. The highest BCUT2D eigenvalue weighted by Gasteiger charge is 2.57. The molecule has 1 fully saturated rings. The molecule has 5 rings (SSSR count). The molecule has 0 saturated carbocycles. The summed E-state index contributed by atoms with van der Waals surface area (Å²) in [6.45, 7) is 2.86. The Labute approximate surface area is 236 Å². The summed E-state index contributed by atoms with van der Waals surface area (Å²) in [6.07, 6.45) is 2.63. The Morgan fingerprint density at radius 1 is 1.15 bits per heavy atom. The van der Waals surface area contributed by atoms with E-state index in [1.54, 1.807) is 25.4 Å². The molecule has 3 heterocycles. The second-order valence-electron chi connectivity index (χ2n) is 10.4. The number of nitrogens with one attached hydrogen (secondary N) is 2. The van der Waals surface area contributed by atoms with Gasteiger partial charge < -0.3 is 15.4 Å². The molecule has 0 aliphatic carbocycles. The number of quaternary nitrogens is 1. The lowest BCUT2D eigenvalue weighted by molar-refractivity contribution is -0.137. The van der Waals surface area contributed by atoms with E-state index in [1.807, 2.05) is 30.3 Å². The molecule has 6 nitrogen and oxygen atoms in total. The lowest BCUT2D eigenvalue weighted by Gasteiger charge is -2.36. The first-order valence-electron chi connectivity index (χ1n) is 13.1. The van der Waals surface area contributed by atoms with Crippen LogP contribution >= 0.6 is 11.6 Å². The molecule has 10 heteroatoms. The number of hydrogen-bond donors (Lipinski definition) is 2. The van der Waals surface area contributed by atoms with E-state index in [-0.39, 0.29) is 22.5 Å². The topological polar surface area (TPSA) is 63.2 Å². The Balaban J connectivity index is 1.48. The Bertz CT molecular complexity index is 1400. The molecular weight excluding hydrogens is 541 g/mol. The largest absolute Gasteiger partial charge is 0.481 e. The van der Waals surface area contributed by atoms with Crippen molar-refractivity contribution in [2.75, 3.05) is 33.3 Å². The fourth-order valence-corrected chi connectivity index (χ4v) is 6.08. The maximum atomic E-state index is 14.2. The second kappa shape index (κ2) is 11.2. The molecule has 2 amide bonds. The Morgan fingerprint density at radius 2 is 1.90 bits per heavy atom. The number of halogens is 4. The summed E-state index contributed by atoms with van der Waals surface area (Å²) in [6, 6.07) is 14.2. The molecule has 0 radical (unpaired) electrons. The first-order valence-corrected chi connectivity index (χ1v) is 13.5. The predicted octanol–water partition coefficient (Wildman–Crippen LogP) is 6.33. The van der Waals surface area contributed by atoms with Crippen LogP contribution in [0.4, 0.5) is 23.7 Å². The average Bonchev–Trinajstić information content (AvgIpc) is 3.21. The molecule has 40 heavy (non-hydrogen) atoms. The van der Waals surface area contributed by atoms with Crippen LogP contribution < -0.4 is 19.9 Å². The monoisotopic (exact) mass is 571 g/mol. The van der Waals surface area contributed by atoms with Crippen LogP contribution in [0.15, 0.2) is 66.9 Å². The summed E-state index contributed by atoms with van der Waals surface area (Å²) >= 11 is 6.46. The van der Waals surface area contributed by atoms with Gasteiger partial charge in [-0.3, -0.25) is 0 Å². The second-order valence-corrected chi connectivity index (χ2v) is 10.8. The van der Waals surface area contributed by atoms with Crippen molar-refractivity contribution in [1.29, 1.82) is 0 Å². The lowest BCUT2D eigenvalue weighted by Crippen LogP contribution is -2.60. The van der Waals surface area contributed by atoms with Gasteiger partial charge >= 0.3 is 12.2 Å². The van der Waals surface area contributed by atoms with E-state index >= 15 is 0 Å². The van der Waals surface area contributed by atoms with Gasteiger partial charge in [0.2, 0.25) is 5.88 Å². The molecule has 210 valence electrons. The van der Waals surface area contributed by atoms with Crippen molar-refractivity contribution in [3.63, 3.8) is 0 Å². The third-order valence-electron chi connectivity index (χ3n) is 7.93. The number of urea groups is 1. The summed E-state index contributed by atoms with van der Waals surface area (Å²) in [5.41, 5.74) is 2.55. The van der Waals surface area contributed by atoms with Gasteiger partial charge in [-0.1, -0.05) is 29.8 Å². The first kappa shape index (κ1) is 28.1. The van der Waals surface area contributed by atoms with Gasteiger partial charge in [0.05, 0.1) is 18.1 Å². The third-order valence-corrected chi connectivity index (χ3v) is 8.17. The number of hydrogen-bond acceptors (Lipinski definition) is 4. The van der Waals surface area contributed by atoms with E-state index < -0.39 is 11.7 Å². The molecule has 1 spiro atoms. The highest BCUT2D eigenvalue weighted by molar-refractivity contribution is 6.30. The van der Waals surface area contributed by atoms with Crippen molar-refractivity contribution in [2.45, 2.75) is 31.0 Å².